The van der Waals surface area contributed by atoms with Gasteiger partial charge in [-0.25, -0.2) is 4.98 Å². The van der Waals surface area contributed by atoms with Gasteiger partial charge in [-0.15, -0.1) is 0 Å². The molecule has 1 aromatic carbocycles. The molecule has 196 valence electrons. The molecule has 0 amide bonds. The van der Waals surface area contributed by atoms with Crippen LogP contribution in [0, 0.1) is 34.5 Å². The summed E-state index contributed by atoms with van der Waals surface area (Å²) in [6, 6.07) is 10.6. The Hall–Kier alpha value is -2.89. The van der Waals surface area contributed by atoms with E-state index in [0.29, 0.717) is 36.0 Å². The van der Waals surface area contributed by atoms with Crippen LogP contribution < -0.4 is 16.0 Å². The molecule has 0 aliphatic heterocycles. The number of nitrogens with zero attached hydrogens (tertiary/aromatic N) is 3. The molecule has 5 aliphatic carbocycles. The molecule has 0 spiro atoms. The maximum Gasteiger partial charge on any atom is 0.224 e. The fraction of sp³-hybridized carbons (Fsp3) is 0.621. The number of rotatable bonds is 8. The Labute approximate surface area is 218 Å². The van der Waals surface area contributed by atoms with Crippen molar-refractivity contribution in [2.75, 3.05) is 17.2 Å². The molecule has 7 rings (SSSR count). The summed E-state index contributed by atoms with van der Waals surface area (Å²) in [4.78, 5) is 8.94. The number of hydrogen-bond acceptors (Lipinski definition) is 8. The van der Waals surface area contributed by atoms with Crippen molar-refractivity contribution in [3.05, 3.63) is 41.6 Å². The smallest absolute Gasteiger partial charge is 0.224 e. The van der Waals surface area contributed by atoms with Crippen LogP contribution in [0.3, 0.4) is 0 Å². The minimum Gasteiger partial charge on any atom is -0.508 e. The van der Waals surface area contributed by atoms with Crippen LogP contribution in [0.2, 0.25) is 0 Å². The Kier molecular flexibility index (Phi) is 6.68. The normalized spacial score (nSPS) is 34.2. The summed E-state index contributed by atoms with van der Waals surface area (Å²) in [7, 11) is 0. The molecule has 3 unspecified atom stereocenters. The first-order valence-electron chi connectivity index (χ1n) is 14.0. The molecule has 5 aliphatic rings. The summed E-state index contributed by atoms with van der Waals surface area (Å²) in [5.74, 6) is 3.51. The second-order valence-electron chi connectivity index (χ2n) is 12.1. The van der Waals surface area contributed by atoms with Crippen molar-refractivity contribution in [2.24, 2.45) is 23.2 Å². The van der Waals surface area contributed by atoms with Crippen LogP contribution >= 0.6 is 0 Å². The zero-order chi connectivity index (χ0) is 25.4. The third kappa shape index (κ3) is 5.12. The number of aromatic nitrogens is 2. The first kappa shape index (κ1) is 24.4. The minimum absolute atomic E-state index is 0.104. The van der Waals surface area contributed by atoms with E-state index >= 15 is 0 Å². The highest BCUT2D eigenvalue weighted by molar-refractivity contribution is 5.53. The zero-order valence-electron chi connectivity index (χ0n) is 21.4. The summed E-state index contributed by atoms with van der Waals surface area (Å²) >= 11 is 0. The van der Waals surface area contributed by atoms with Crippen molar-refractivity contribution in [2.45, 2.75) is 82.5 Å². The molecule has 1 heterocycles. The Bertz CT molecular complexity index is 1140. The highest BCUT2D eigenvalue weighted by atomic mass is 16.3. The molecule has 0 radical (unpaired) electrons. The Morgan fingerprint density at radius 1 is 1.03 bits per heavy atom. The third-order valence-electron chi connectivity index (χ3n) is 9.49. The second kappa shape index (κ2) is 10.1. The number of para-hydroxylation sites is 1. The largest absolute Gasteiger partial charge is 0.508 e. The van der Waals surface area contributed by atoms with Gasteiger partial charge in [-0.1, -0.05) is 18.2 Å². The van der Waals surface area contributed by atoms with Crippen LogP contribution in [0.4, 0.5) is 11.8 Å². The highest BCUT2D eigenvalue weighted by Gasteiger charge is 2.55. The van der Waals surface area contributed by atoms with Crippen molar-refractivity contribution in [1.82, 2.24) is 15.3 Å². The monoisotopic (exact) mass is 502 g/mol. The number of nitrogens with one attached hydrogen (secondary N) is 3. The standard InChI is InChI=1S/C29H38N6O2/c30-14-22-16-32-28(31-15-19-3-1-2-4-25(19)37)35-27(22)33-17-29-11-18-9-20(12-29)26(21(10-18)13-29)34-23-5-7-24(36)8-6-23/h1-4,16,18,20-21,23-24,26,34,36-37H,5-13,15,17H2,(H2,31,32,33,35)/t18?,20-,21+,23?,24?,26?,29?. The molecular formula is C29H38N6O2. The van der Waals surface area contributed by atoms with Crippen molar-refractivity contribution >= 4 is 11.8 Å². The zero-order valence-corrected chi connectivity index (χ0v) is 21.4. The lowest BCUT2D eigenvalue weighted by Gasteiger charge is -2.61. The van der Waals surface area contributed by atoms with Crippen LogP contribution in [0.1, 0.15) is 68.9 Å². The number of nitriles is 1. The van der Waals surface area contributed by atoms with Crippen molar-refractivity contribution in [3.8, 4) is 11.8 Å². The summed E-state index contributed by atoms with van der Waals surface area (Å²) in [6.45, 7) is 1.24. The average molecular weight is 503 g/mol. The molecule has 5 saturated carbocycles. The van der Waals surface area contributed by atoms with Crippen molar-refractivity contribution in [1.29, 1.82) is 5.26 Å². The van der Waals surface area contributed by atoms with E-state index < -0.39 is 0 Å². The van der Waals surface area contributed by atoms with Crippen LogP contribution in [0.25, 0.3) is 0 Å². The van der Waals surface area contributed by atoms with E-state index in [2.05, 4.69) is 32.0 Å². The first-order valence-corrected chi connectivity index (χ1v) is 14.0. The van der Waals surface area contributed by atoms with Gasteiger partial charge < -0.3 is 26.2 Å². The lowest BCUT2D eigenvalue weighted by Crippen LogP contribution is -2.61. The van der Waals surface area contributed by atoms with Gasteiger partial charge >= 0.3 is 0 Å². The summed E-state index contributed by atoms with van der Waals surface area (Å²) in [6.07, 6.45) is 11.9. The third-order valence-corrected chi connectivity index (χ3v) is 9.49. The van der Waals surface area contributed by atoms with Gasteiger partial charge in [-0.3, -0.25) is 0 Å². The molecule has 8 heteroatoms. The fourth-order valence-corrected chi connectivity index (χ4v) is 7.99. The van der Waals surface area contributed by atoms with Gasteiger partial charge in [0.1, 0.15) is 23.2 Å². The molecule has 5 atom stereocenters. The molecule has 5 fully saturated rings. The highest BCUT2D eigenvalue weighted by Crippen LogP contribution is 2.60. The van der Waals surface area contributed by atoms with E-state index in [1.54, 1.807) is 18.3 Å². The topological polar surface area (TPSA) is 126 Å². The number of benzene rings is 1. The van der Waals surface area contributed by atoms with Gasteiger partial charge in [0.15, 0.2) is 0 Å². The van der Waals surface area contributed by atoms with Gasteiger partial charge in [-0.2, -0.15) is 10.2 Å². The molecular weight excluding hydrogens is 464 g/mol. The number of hydrogen-bond donors (Lipinski definition) is 5. The molecule has 1 aromatic heterocycles. The van der Waals surface area contributed by atoms with E-state index in [-0.39, 0.29) is 17.3 Å². The van der Waals surface area contributed by atoms with Crippen LogP contribution in [-0.2, 0) is 6.54 Å². The quantitative estimate of drug-likeness (QED) is 0.364. The van der Waals surface area contributed by atoms with Gasteiger partial charge in [0.25, 0.3) is 0 Å². The number of aliphatic hydroxyl groups excluding tert-OH is 1. The maximum atomic E-state index is 10.0. The molecule has 5 N–H and O–H groups in total. The lowest BCUT2D eigenvalue weighted by atomic mass is 9.47. The van der Waals surface area contributed by atoms with Crippen LogP contribution in [0.5, 0.6) is 5.75 Å². The molecule has 4 bridgehead atoms. The molecule has 2 aromatic rings. The molecule has 37 heavy (non-hydrogen) atoms. The minimum atomic E-state index is -0.104. The van der Waals surface area contributed by atoms with Gasteiger partial charge in [0.05, 0.1) is 12.3 Å². The Morgan fingerprint density at radius 3 is 2.51 bits per heavy atom. The predicted molar refractivity (Wildman–Crippen MR) is 142 cm³/mol. The SMILES string of the molecule is N#Cc1cnc(NCc2ccccc2O)nc1NCC12CC3C[C@H](C1)C(NC1CCC(O)CC1)[C@@H](C3)C2. The number of aromatic hydroxyl groups is 1. The van der Waals surface area contributed by atoms with E-state index in [1.165, 1.54) is 32.1 Å². The molecule has 8 nitrogen and oxygen atoms in total. The van der Waals surface area contributed by atoms with E-state index in [9.17, 15) is 15.5 Å². The second-order valence-corrected chi connectivity index (χ2v) is 12.1. The molecule has 0 saturated heterocycles. The summed E-state index contributed by atoms with van der Waals surface area (Å²) in [5, 5.41) is 40.4. The van der Waals surface area contributed by atoms with Gasteiger partial charge in [0.2, 0.25) is 5.95 Å². The van der Waals surface area contributed by atoms with Crippen LogP contribution in [-0.4, -0.2) is 44.9 Å². The number of phenolic OH excluding ortho intramolecular Hbond substituents is 1. The number of aliphatic hydroxyl groups is 1. The van der Waals surface area contributed by atoms with Gasteiger partial charge in [0, 0.05) is 30.7 Å². The first-order chi connectivity index (χ1) is 18.0. The van der Waals surface area contributed by atoms with Crippen molar-refractivity contribution in [3.63, 3.8) is 0 Å². The van der Waals surface area contributed by atoms with E-state index in [4.69, 9.17) is 0 Å². The van der Waals surface area contributed by atoms with Crippen LogP contribution in [0.15, 0.2) is 30.5 Å². The van der Waals surface area contributed by atoms with E-state index in [0.717, 1.165) is 55.5 Å². The van der Waals surface area contributed by atoms with Gasteiger partial charge in [-0.05, 0) is 87.0 Å². The predicted octanol–water partition coefficient (Wildman–Crippen LogP) is 4.17. The lowest BCUT2D eigenvalue weighted by molar-refractivity contribution is -0.0737. The Balaban J connectivity index is 1.11. The van der Waals surface area contributed by atoms with Crippen molar-refractivity contribution < 1.29 is 10.2 Å². The summed E-state index contributed by atoms with van der Waals surface area (Å²) < 4.78 is 0. The maximum absolute atomic E-state index is 10.0. The Morgan fingerprint density at radius 2 is 1.78 bits per heavy atom. The number of phenols is 1. The van der Waals surface area contributed by atoms with E-state index in [1.807, 2.05) is 12.1 Å². The summed E-state index contributed by atoms with van der Waals surface area (Å²) in [5.41, 5.74) is 1.49. The number of anilines is 2. The average Bonchev–Trinajstić information content (AvgIpc) is 2.90. The fourth-order valence-electron chi connectivity index (χ4n) is 7.99.